The third-order valence-corrected chi connectivity index (χ3v) is 12.4. The van der Waals surface area contributed by atoms with Gasteiger partial charge in [-0.05, 0) is 55.3 Å². The van der Waals surface area contributed by atoms with Gasteiger partial charge in [0.1, 0.15) is 4.21 Å². The van der Waals surface area contributed by atoms with Gasteiger partial charge in [0.05, 0.1) is 14.7 Å². The van der Waals surface area contributed by atoms with E-state index in [1.54, 1.807) is 24.3 Å². The first kappa shape index (κ1) is 25.9. The van der Waals surface area contributed by atoms with Crippen molar-refractivity contribution < 1.29 is 25.3 Å². The molecule has 1 aliphatic rings. The SMILES string of the molecule is NCc1ccc(S(=O)(=O)c2cccc(S(=O)(=O)N3CCCC3CNS(=O)(=O)c3ccccc3)c2)s1. The van der Waals surface area contributed by atoms with Crippen LogP contribution in [0.5, 0.6) is 0 Å². The van der Waals surface area contributed by atoms with E-state index in [4.69, 9.17) is 5.73 Å². The second-order valence-electron chi connectivity index (χ2n) is 7.98. The molecular weight excluding hydrogens is 531 g/mol. The molecule has 3 N–H and O–H groups in total. The molecule has 13 heteroatoms. The molecule has 3 aromatic rings. The van der Waals surface area contributed by atoms with Gasteiger partial charge in [0.15, 0.2) is 0 Å². The van der Waals surface area contributed by atoms with Crippen LogP contribution in [0, 0.1) is 0 Å². The lowest BCUT2D eigenvalue weighted by molar-refractivity contribution is 0.384. The highest BCUT2D eigenvalue weighted by atomic mass is 32.2. The zero-order valence-corrected chi connectivity index (χ0v) is 21.8. The van der Waals surface area contributed by atoms with Crippen LogP contribution in [0.1, 0.15) is 17.7 Å². The minimum absolute atomic E-state index is 0.0851. The maximum atomic E-state index is 13.4. The fourth-order valence-electron chi connectivity index (χ4n) is 3.88. The minimum Gasteiger partial charge on any atom is -0.326 e. The number of hydrogen-bond donors (Lipinski definition) is 2. The molecule has 4 rings (SSSR count). The van der Waals surface area contributed by atoms with Crippen LogP contribution in [-0.4, -0.2) is 48.7 Å². The Morgan fingerprint density at radius 3 is 2.26 bits per heavy atom. The molecule has 0 bridgehead atoms. The third-order valence-electron chi connectivity index (χ3n) is 5.71. The van der Waals surface area contributed by atoms with E-state index in [0.29, 0.717) is 17.7 Å². The fourth-order valence-corrected chi connectivity index (χ4v) is 9.47. The molecule has 1 aromatic heterocycles. The van der Waals surface area contributed by atoms with E-state index in [1.807, 2.05) is 0 Å². The number of sulfone groups is 1. The number of nitrogens with one attached hydrogen (secondary N) is 1. The van der Waals surface area contributed by atoms with Crippen LogP contribution in [0.2, 0.25) is 0 Å². The molecule has 188 valence electrons. The Hall–Kier alpha value is -2.13. The predicted molar refractivity (Wildman–Crippen MR) is 133 cm³/mol. The maximum Gasteiger partial charge on any atom is 0.243 e. The summed E-state index contributed by atoms with van der Waals surface area (Å²) in [7, 11) is -11.8. The van der Waals surface area contributed by atoms with Crippen LogP contribution in [0.25, 0.3) is 0 Å². The maximum absolute atomic E-state index is 13.4. The molecule has 0 spiro atoms. The molecule has 0 aliphatic carbocycles. The molecule has 35 heavy (non-hydrogen) atoms. The third kappa shape index (κ3) is 5.35. The average Bonchev–Trinajstić information content (AvgIpc) is 3.54. The molecule has 1 fully saturated rings. The standard InChI is InChI=1S/C22H25N3O6S4/c23-15-18-11-12-22(32-18)33(26,27)20-9-4-10-21(14-20)35(30,31)25-13-5-6-17(25)16-24-34(28,29)19-7-2-1-3-8-19/h1-4,7-12,14,17,24H,5-6,13,15-16,23H2. The number of nitrogens with zero attached hydrogens (tertiary/aromatic N) is 1. The van der Waals surface area contributed by atoms with Gasteiger partial charge in [-0.2, -0.15) is 4.31 Å². The number of thiophene rings is 1. The Morgan fingerprint density at radius 2 is 1.57 bits per heavy atom. The van der Waals surface area contributed by atoms with Crippen molar-refractivity contribution in [1.29, 1.82) is 0 Å². The molecule has 0 radical (unpaired) electrons. The number of nitrogens with two attached hydrogens (primary N) is 1. The first-order valence-electron chi connectivity index (χ1n) is 10.8. The summed E-state index contributed by atoms with van der Waals surface area (Å²) in [4.78, 5) is 0.499. The van der Waals surface area contributed by atoms with Gasteiger partial charge in [-0.3, -0.25) is 0 Å². The molecule has 1 saturated heterocycles. The Balaban J connectivity index is 1.57. The summed E-state index contributed by atoms with van der Waals surface area (Å²) in [5.41, 5.74) is 5.58. The lowest BCUT2D eigenvalue weighted by atomic mass is 10.2. The van der Waals surface area contributed by atoms with E-state index in [0.717, 1.165) is 17.4 Å². The number of rotatable bonds is 9. The molecule has 0 amide bonds. The molecule has 1 aliphatic heterocycles. The first-order chi connectivity index (χ1) is 16.6. The van der Waals surface area contributed by atoms with Crippen LogP contribution in [0.4, 0.5) is 0 Å². The Bertz CT molecular complexity index is 1520. The molecule has 1 unspecified atom stereocenters. The topological polar surface area (TPSA) is 144 Å². The highest BCUT2D eigenvalue weighted by molar-refractivity contribution is 7.93. The smallest absolute Gasteiger partial charge is 0.243 e. The quantitative estimate of drug-likeness (QED) is 0.412. The summed E-state index contributed by atoms with van der Waals surface area (Å²) in [5, 5.41) is 0. The summed E-state index contributed by atoms with van der Waals surface area (Å²) in [6.07, 6.45) is 1.04. The van der Waals surface area contributed by atoms with Gasteiger partial charge in [-0.1, -0.05) is 24.3 Å². The van der Waals surface area contributed by atoms with Gasteiger partial charge in [0, 0.05) is 30.6 Å². The highest BCUT2D eigenvalue weighted by Gasteiger charge is 2.36. The van der Waals surface area contributed by atoms with Crippen LogP contribution in [-0.2, 0) is 36.4 Å². The lowest BCUT2D eigenvalue weighted by Gasteiger charge is -2.24. The van der Waals surface area contributed by atoms with Crippen LogP contribution >= 0.6 is 11.3 Å². The average molecular weight is 556 g/mol. The number of benzene rings is 2. The Labute approximate surface area is 209 Å². The number of hydrogen-bond acceptors (Lipinski definition) is 8. The van der Waals surface area contributed by atoms with E-state index in [-0.39, 0.29) is 38.5 Å². The zero-order valence-electron chi connectivity index (χ0n) is 18.6. The molecule has 9 nitrogen and oxygen atoms in total. The molecule has 2 aromatic carbocycles. The second kappa shape index (κ2) is 10.1. The van der Waals surface area contributed by atoms with Crippen LogP contribution in [0.15, 0.2) is 85.6 Å². The van der Waals surface area contributed by atoms with Crippen molar-refractivity contribution in [3.05, 3.63) is 71.6 Å². The van der Waals surface area contributed by atoms with Crippen molar-refractivity contribution in [1.82, 2.24) is 9.03 Å². The molecule has 2 heterocycles. The summed E-state index contributed by atoms with van der Waals surface area (Å²) in [5.74, 6) is 0. The van der Waals surface area contributed by atoms with Gasteiger partial charge >= 0.3 is 0 Å². The lowest BCUT2D eigenvalue weighted by Crippen LogP contribution is -2.43. The van der Waals surface area contributed by atoms with Gasteiger partial charge in [-0.25, -0.2) is 30.0 Å². The molecule has 0 saturated carbocycles. The van der Waals surface area contributed by atoms with Crippen molar-refractivity contribution >= 4 is 41.2 Å². The molecule has 1 atom stereocenters. The largest absolute Gasteiger partial charge is 0.326 e. The van der Waals surface area contributed by atoms with Crippen LogP contribution in [0.3, 0.4) is 0 Å². The van der Waals surface area contributed by atoms with E-state index in [1.165, 1.54) is 40.7 Å². The predicted octanol–water partition coefficient (Wildman–Crippen LogP) is 2.17. The molecular formula is C22H25N3O6S4. The zero-order chi connectivity index (χ0) is 25.3. The highest BCUT2D eigenvalue weighted by Crippen LogP contribution is 2.31. The summed E-state index contributed by atoms with van der Waals surface area (Å²) in [6.45, 7) is 0.326. The van der Waals surface area contributed by atoms with Crippen molar-refractivity contribution in [2.45, 2.75) is 44.3 Å². The van der Waals surface area contributed by atoms with E-state index in [2.05, 4.69) is 4.72 Å². The normalized spacial score (nSPS) is 17.6. The van der Waals surface area contributed by atoms with E-state index in [9.17, 15) is 25.3 Å². The monoisotopic (exact) mass is 555 g/mol. The first-order valence-corrected chi connectivity index (χ1v) is 16.0. The van der Waals surface area contributed by atoms with Gasteiger partial charge in [0.2, 0.25) is 29.9 Å². The van der Waals surface area contributed by atoms with Gasteiger partial charge in [0.25, 0.3) is 0 Å². The minimum atomic E-state index is -4.07. The summed E-state index contributed by atoms with van der Waals surface area (Å²) in [6, 6.07) is 15.6. The van der Waals surface area contributed by atoms with Crippen LogP contribution < -0.4 is 10.5 Å². The van der Waals surface area contributed by atoms with Gasteiger partial charge in [-0.15, -0.1) is 11.3 Å². The van der Waals surface area contributed by atoms with Crippen molar-refractivity contribution in [3.8, 4) is 0 Å². The second-order valence-corrected chi connectivity index (χ2v) is 15.0. The fraction of sp³-hybridized carbons (Fsp3) is 0.273. The number of sulfonamides is 2. The summed E-state index contributed by atoms with van der Waals surface area (Å²) < 4.78 is 82.0. The van der Waals surface area contributed by atoms with Crippen molar-refractivity contribution in [2.75, 3.05) is 13.1 Å². The van der Waals surface area contributed by atoms with E-state index < -0.39 is 35.9 Å². The Kier molecular flexibility index (Phi) is 7.48. The summed E-state index contributed by atoms with van der Waals surface area (Å²) >= 11 is 1.04. The van der Waals surface area contributed by atoms with Crippen molar-refractivity contribution in [3.63, 3.8) is 0 Å². The Morgan fingerprint density at radius 1 is 0.886 bits per heavy atom. The van der Waals surface area contributed by atoms with E-state index >= 15 is 0 Å². The van der Waals surface area contributed by atoms with Gasteiger partial charge < -0.3 is 5.73 Å². The van der Waals surface area contributed by atoms with Crippen molar-refractivity contribution in [2.24, 2.45) is 5.73 Å².